The maximum absolute atomic E-state index is 11.0. The third kappa shape index (κ3) is 3.02. The summed E-state index contributed by atoms with van der Waals surface area (Å²) < 4.78 is 11.2. The number of halogens is 2. The van der Waals surface area contributed by atoms with E-state index >= 15 is 0 Å². The topological polar surface area (TPSA) is 68.7 Å². The monoisotopic (exact) mass is 357 g/mol. The first-order valence-electron chi connectivity index (χ1n) is 5.42. The lowest BCUT2D eigenvalue weighted by Gasteiger charge is -2.10. The molecule has 0 aliphatic rings. The van der Waals surface area contributed by atoms with E-state index in [0.29, 0.717) is 16.0 Å². The Morgan fingerprint density at radius 1 is 1.40 bits per heavy atom. The van der Waals surface area contributed by atoms with Crippen LogP contribution in [-0.4, -0.2) is 23.2 Å². The van der Waals surface area contributed by atoms with Crippen molar-refractivity contribution in [1.29, 1.82) is 0 Å². The molecule has 0 bridgehead atoms. The minimum Gasteiger partial charge on any atom is -0.497 e. The molecule has 0 aliphatic heterocycles. The van der Waals surface area contributed by atoms with Crippen molar-refractivity contribution in [2.24, 2.45) is 0 Å². The highest BCUT2D eigenvalue weighted by Gasteiger charge is 2.16. The van der Waals surface area contributed by atoms with Gasteiger partial charge in [-0.15, -0.1) is 0 Å². The van der Waals surface area contributed by atoms with Crippen molar-refractivity contribution in [3.05, 3.63) is 45.5 Å². The summed E-state index contributed by atoms with van der Waals surface area (Å²) in [6.07, 6.45) is 1.32. The Balaban J connectivity index is 2.35. The lowest BCUT2D eigenvalue weighted by molar-refractivity contribution is 0.0696. The Bertz CT molecular complexity index is 663. The molecule has 0 unspecified atom stereocenters. The Morgan fingerprint density at radius 2 is 2.15 bits per heavy atom. The maximum atomic E-state index is 11.0. The van der Waals surface area contributed by atoms with Gasteiger partial charge in [-0.1, -0.05) is 11.6 Å². The first-order chi connectivity index (χ1) is 9.52. The number of aromatic carboxylic acids is 1. The summed E-state index contributed by atoms with van der Waals surface area (Å²) in [5.74, 6) is -0.0150. The number of hydrogen-bond donors (Lipinski definition) is 1. The van der Waals surface area contributed by atoms with Gasteiger partial charge in [0.15, 0.2) is 0 Å². The fraction of sp³-hybridized carbons (Fsp3) is 0.0769. The molecule has 0 atom stereocenters. The van der Waals surface area contributed by atoms with Crippen LogP contribution in [0.2, 0.25) is 5.02 Å². The number of aromatic nitrogens is 1. The molecule has 1 aromatic heterocycles. The highest BCUT2D eigenvalue weighted by molar-refractivity contribution is 9.10. The highest BCUT2D eigenvalue weighted by atomic mass is 79.9. The number of hydrogen-bond acceptors (Lipinski definition) is 4. The number of nitrogens with zero attached hydrogens (tertiary/aromatic N) is 1. The molecule has 1 heterocycles. The van der Waals surface area contributed by atoms with Crippen LogP contribution in [0, 0.1) is 0 Å². The van der Waals surface area contributed by atoms with E-state index in [9.17, 15) is 4.79 Å². The third-order valence-electron chi connectivity index (χ3n) is 2.43. The van der Waals surface area contributed by atoms with E-state index in [0.717, 1.165) is 0 Å². The summed E-state index contributed by atoms with van der Waals surface area (Å²) in [4.78, 5) is 14.9. The van der Waals surface area contributed by atoms with Crippen LogP contribution in [0.5, 0.6) is 17.4 Å². The third-order valence-corrected chi connectivity index (χ3v) is 3.42. The smallest absolute Gasteiger partial charge is 0.337 e. The zero-order valence-corrected chi connectivity index (χ0v) is 12.6. The first kappa shape index (κ1) is 14.6. The number of rotatable bonds is 4. The van der Waals surface area contributed by atoms with E-state index in [2.05, 4.69) is 20.9 Å². The predicted molar refractivity (Wildman–Crippen MR) is 77.0 cm³/mol. The standard InChI is InChI=1S/C13H9BrClNO4/c1-19-7-2-3-10(9(14)6-7)20-12-11(15)8(13(17)18)4-5-16-12/h2-6H,1H3,(H,17,18). The van der Waals surface area contributed by atoms with Gasteiger partial charge in [0.05, 0.1) is 17.1 Å². The van der Waals surface area contributed by atoms with Gasteiger partial charge in [0.2, 0.25) is 5.88 Å². The van der Waals surface area contributed by atoms with Crippen LogP contribution in [0.3, 0.4) is 0 Å². The van der Waals surface area contributed by atoms with Crippen LogP contribution in [0.1, 0.15) is 10.4 Å². The van der Waals surface area contributed by atoms with E-state index < -0.39 is 5.97 Å². The highest BCUT2D eigenvalue weighted by Crippen LogP contribution is 2.35. The number of ether oxygens (including phenoxy) is 2. The van der Waals surface area contributed by atoms with E-state index in [1.54, 1.807) is 25.3 Å². The zero-order valence-electron chi connectivity index (χ0n) is 10.3. The zero-order chi connectivity index (χ0) is 14.7. The van der Waals surface area contributed by atoms with E-state index in [4.69, 9.17) is 26.2 Å². The van der Waals surface area contributed by atoms with Crippen LogP contribution in [0.25, 0.3) is 0 Å². The summed E-state index contributed by atoms with van der Waals surface area (Å²) >= 11 is 9.28. The van der Waals surface area contributed by atoms with Crippen molar-refractivity contribution >= 4 is 33.5 Å². The molecular weight excluding hydrogens is 350 g/mol. The van der Waals surface area contributed by atoms with Gasteiger partial charge in [-0.25, -0.2) is 9.78 Å². The molecule has 0 saturated heterocycles. The van der Waals surface area contributed by atoms with Crippen LogP contribution in [0.4, 0.5) is 0 Å². The Hall–Kier alpha value is -1.79. The minimum atomic E-state index is -1.14. The molecule has 0 spiro atoms. The number of carbonyl (C=O) groups is 1. The van der Waals surface area contributed by atoms with E-state index in [1.165, 1.54) is 12.3 Å². The second-order valence-electron chi connectivity index (χ2n) is 3.68. The Morgan fingerprint density at radius 3 is 2.75 bits per heavy atom. The van der Waals surface area contributed by atoms with Gasteiger partial charge in [0.25, 0.3) is 0 Å². The average Bonchev–Trinajstić information content (AvgIpc) is 2.42. The number of carboxylic acid groups (broad SMARTS) is 1. The van der Waals surface area contributed by atoms with Crippen LogP contribution in [0.15, 0.2) is 34.9 Å². The van der Waals surface area contributed by atoms with Crippen molar-refractivity contribution in [2.45, 2.75) is 0 Å². The van der Waals surface area contributed by atoms with Crippen molar-refractivity contribution in [1.82, 2.24) is 4.98 Å². The Labute approximate surface area is 128 Å². The van der Waals surface area contributed by atoms with Crippen molar-refractivity contribution < 1.29 is 19.4 Å². The molecule has 0 saturated carbocycles. The fourth-order valence-electron chi connectivity index (χ4n) is 1.46. The van der Waals surface area contributed by atoms with Gasteiger partial charge in [-0.3, -0.25) is 0 Å². The molecule has 5 nitrogen and oxygen atoms in total. The summed E-state index contributed by atoms with van der Waals surface area (Å²) in [7, 11) is 1.55. The van der Waals surface area contributed by atoms with Gasteiger partial charge in [0.1, 0.15) is 16.5 Å². The van der Waals surface area contributed by atoms with Crippen LogP contribution in [-0.2, 0) is 0 Å². The van der Waals surface area contributed by atoms with Gasteiger partial charge in [-0.05, 0) is 40.2 Å². The molecule has 0 aliphatic carbocycles. The quantitative estimate of drug-likeness (QED) is 0.895. The lowest BCUT2D eigenvalue weighted by Crippen LogP contribution is -2.00. The molecule has 2 aromatic rings. The lowest BCUT2D eigenvalue weighted by atomic mass is 10.2. The summed E-state index contributed by atoms with van der Waals surface area (Å²) in [5.41, 5.74) is -0.0682. The van der Waals surface area contributed by atoms with Crippen molar-refractivity contribution in [3.63, 3.8) is 0 Å². The van der Waals surface area contributed by atoms with E-state index in [-0.39, 0.29) is 16.5 Å². The maximum Gasteiger partial charge on any atom is 0.337 e. The average molecular weight is 359 g/mol. The van der Waals surface area contributed by atoms with Gasteiger partial charge in [-0.2, -0.15) is 0 Å². The second kappa shape index (κ2) is 6.11. The minimum absolute atomic E-state index is 0.0254. The van der Waals surface area contributed by atoms with Gasteiger partial charge >= 0.3 is 5.97 Å². The fourth-order valence-corrected chi connectivity index (χ4v) is 2.13. The Kier molecular flexibility index (Phi) is 4.46. The SMILES string of the molecule is COc1ccc(Oc2nccc(C(=O)O)c2Cl)c(Br)c1. The molecule has 0 amide bonds. The van der Waals surface area contributed by atoms with Crippen LogP contribution >= 0.6 is 27.5 Å². The predicted octanol–water partition coefficient (Wildman–Crippen LogP) is 4.00. The largest absolute Gasteiger partial charge is 0.497 e. The molecule has 1 aromatic carbocycles. The van der Waals surface area contributed by atoms with Gasteiger partial charge < -0.3 is 14.6 Å². The molecule has 0 radical (unpaired) electrons. The normalized spacial score (nSPS) is 10.2. The van der Waals surface area contributed by atoms with E-state index in [1.807, 2.05) is 0 Å². The van der Waals surface area contributed by atoms with Gasteiger partial charge in [0, 0.05) is 6.20 Å². The number of pyridine rings is 1. The van der Waals surface area contributed by atoms with Crippen LogP contribution < -0.4 is 9.47 Å². The van der Waals surface area contributed by atoms with Crippen molar-refractivity contribution in [2.75, 3.05) is 7.11 Å². The molecule has 7 heteroatoms. The first-order valence-corrected chi connectivity index (χ1v) is 6.59. The molecule has 0 fully saturated rings. The molecule has 104 valence electrons. The number of carboxylic acids is 1. The molecule has 2 rings (SSSR count). The number of methoxy groups -OCH3 is 1. The summed E-state index contributed by atoms with van der Waals surface area (Å²) in [5, 5.41) is 8.93. The molecule has 20 heavy (non-hydrogen) atoms. The second-order valence-corrected chi connectivity index (χ2v) is 4.91. The number of benzene rings is 1. The summed E-state index contributed by atoms with van der Waals surface area (Å²) in [6, 6.07) is 6.38. The summed E-state index contributed by atoms with van der Waals surface area (Å²) in [6.45, 7) is 0. The molecule has 1 N–H and O–H groups in total. The molecular formula is C13H9BrClNO4. The van der Waals surface area contributed by atoms with Crippen molar-refractivity contribution in [3.8, 4) is 17.4 Å².